The highest BCUT2D eigenvalue weighted by Gasteiger charge is 2.28. The summed E-state index contributed by atoms with van der Waals surface area (Å²) in [6.45, 7) is 4.23. The van der Waals surface area contributed by atoms with Gasteiger partial charge in [0.2, 0.25) is 0 Å². The van der Waals surface area contributed by atoms with Gasteiger partial charge in [-0.2, -0.15) is 0 Å². The lowest BCUT2D eigenvalue weighted by atomic mass is 9.95. The molecule has 0 aliphatic heterocycles. The number of alkyl halides is 2. The summed E-state index contributed by atoms with van der Waals surface area (Å²) in [5.41, 5.74) is 2.25. The standard InChI is InChI=1S/C20H22Br2Cl2O/c1-13(11-23)19(15-3-7-17(21)8-4-15)25-20(14(2)12-24)16-5-9-18(22)10-6-16/h3-10,13-14,19-20H,11-12H2,1-2H3/t13-,14-,19?,20?/m0/s1. The molecule has 0 fully saturated rings. The third-order valence-electron chi connectivity index (χ3n) is 4.21. The zero-order valence-electron chi connectivity index (χ0n) is 14.3. The van der Waals surface area contributed by atoms with E-state index in [0.717, 1.165) is 20.1 Å². The van der Waals surface area contributed by atoms with Crippen molar-refractivity contribution in [2.45, 2.75) is 26.1 Å². The van der Waals surface area contributed by atoms with Gasteiger partial charge in [-0.1, -0.05) is 70.0 Å². The third-order valence-corrected chi connectivity index (χ3v) is 6.24. The predicted molar refractivity (Wildman–Crippen MR) is 115 cm³/mol. The summed E-state index contributed by atoms with van der Waals surface area (Å²) in [6.07, 6.45) is -0.185. The monoisotopic (exact) mass is 506 g/mol. The summed E-state index contributed by atoms with van der Waals surface area (Å²) in [4.78, 5) is 0. The van der Waals surface area contributed by atoms with Crippen molar-refractivity contribution in [1.29, 1.82) is 0 Å². The van der Waals surface area contributed by atoms with Crippen LogP contribution >= 0.6 is 55.1 Å². The molecule has 0 saturated heterocycles. The average molecular weight is 509 g/mol. The minimum atomic E-state index is -0.0927. The van der Waals surface area contributed by atoms with Crippen LogP contribution in [-0.4, -0.2) is 11.8 Å². The van der Waals surface area contributed by atoms with Gasteiger partial charge in [-0.15, -0.1) is 23.2 Å². The Kier molecular flexibility index (Phi) is 8.77. The first-order valence-electron chi connectivity index (χ1n) is 8.24. The molecule has 2 aromatic carbocycles. The minimum absolute atomic E-state index is 0.0927. The zero-order valence-corrected chi connectivity index (χ0v) is 18.9. The number of hydrogen-bond donors (Lipinski definition) is 0. The molecule has 0 bridgehead atoms. The molecule has 2 aromatic rings. The summed E-state index contributed by atoms with van der Waals surface area (Å²) in [7, 11) is 0. The molecule has 0 radical (unpaired) electrons. The quantitative estimate of drug-likeness (QED) is 0.331. The Balaban J connectivity index is 2.34. The highest BCUT2D eigenvalue weighted by molar-refractivity contribution is 9.10. The lowest BCUT2D eigenvalue weighted by Gasteiger charge is -2.32. The molecule has 0 N–H and O–H groups in total. The highest BCUT2D eigenvalue weighted by atomic mass is 79.9. The van der Waals surface area contributed by atoms with Crippen LogP contribution in [0.1, 0.15) is 37.2 Å². The molecule has 2 rings (SSSR count). The Morgan fingerprint density at radius 3 is 1.32 bits per heavy atom. The van der Waals surface area contributed by atoms with E-state index in [1.54, 1.807) is 0 Å². The van der Waals surface area contributed by atoms with Crippen LogP contribution in [0.25, 0.3) is 0 Å². The molecule has 5 heteroatoms. The van der Waals surface area contributed by atoms with Gasteiger partial charge in [0.15, 0.2) is 0 Å². The predicted octanol–water partition coefficient (Wildman–Crippen LogP) is 7.76. The number of halogens is 4. The first-order chi connectivity index (χ1) is 12.0. The lowest BCUT2D eigenvalue weighted by Crippen LogP contribution is -2.22. The first kappa shape index (κ1) is 21.2. The molecule has 4 atom stereocenters. The van der Waals surface area contributed by atoms with Crippen LogP contribution in [0, 0.1) is 11.8 Å². The SMILES string of the molecule is C[C@@H](CCl)C(OC(c1ccc(Br)cc1)[C@@H](C)CCl)c1ccc(Br)cc1. The van der Waals surface area contributed by atoms with E-state index in [2.05, 4.69) is 70.0 Å². The van der Waals surface area contributed by atoms with Crippen LogP contribution in [0.5, 0.6) is 0 Å². The van der Waals surface area contributed by atoms with Gasteiger partial charge in [0, 0.05) is 32.5 Å². The minimum Gasteiger partial charge on any atom is -0.365 e. The molecule has 25 heavy (non-hydrogen) atoms. The van der Waals surface area contributed by atoms with Gasteiger partial charge < -0.3 is 4.74 Å². The number of ether oxygens (including phenoxy) is 1. The second-order valence-electron chi connectivity index (χ2n) is 6.34. The first-order valence-corrected chi connectivity index (χ1v) is 10.9. The maximum Gasteiger partial charge on any atom is 0.0870 e. The highest BCUT2D eigenvalue weighted by Crippen LogP contribution is 2.37. The van der Waals surface area contributed by atoms with Crippen LogP contribution in [0.15, 0.2) is 57.5 Å². The second-order valence-corrected chi connectivity index (χ2v) is 8.79. The Morgan fingerprint density at radius 1 is 0.720 bits per heavy atom. The molecule has 1 nitrogen and oxygen atoms in total. The van der Waals surface area contributed by atoms with Gasteiger partial charge >= 0.3 is 0 Å². The smallest absolute Gasteiger partial charge is 0.0870 e. The van der Waals surface area contributed by atoms with E-state index < -0.39 is 0 Å². The Morgan fingerprint density at radius 2 is 1.04 bits per heavy atom. The number of rotatable bonds is 8. The summed E-state index contributed by atoms with van der Waals surface area (Å²) < 4.78 is 8.70. The molecular formula is C20H22Br2Cl2O. The fraction of sp³-hybridized carbons (Fsp3) is 0.400. The van der Waals surface area contributed by atoms with E-state index >= 15 is 0 Å². The van der Waals surface area contributed by atoms with E-state index in [-0.39, 0.29) is 24.0 Å². The van der Waals surface area contributed by atoms with E-state index in [1.807, 2.05) is 24.3 Å². The molecule has 136 valence electrons. The summed E-state index contributed by atoms with van der Waals surface area (Å²) in [5.74, 6) is 1.43. The van der Waals surface area contributed by atoms with Gasteiger partial charge in [-0.3, -0.25) is 0 Å². The van der Waals surface area contributed by atoms with E-state index in [9.17, 15) is 0 Å². The van der Waals surface area contributed by atoms with Crippen molar-refractivity contribution in [3.63, 3.8) is 0 Å². The third kappa shape index (κ3) is 5.97. The molecular weight excluding hydrogens is 487 g/mol. The van der Waals surface area contributed by atoms with Crippen molar-refractivity contribution in [3.8, 4) is 0 Å². The van der Waals surface area contributed by atoms with Crippen LogP contribution in [0.3, 0.4) is 0 Å². The molecule has 0 heterocycles. The summed E-state index contributed by atoms with van der Waals surface area (Å²) >= 11 is 19.3. The van der Waals surface area contributed by atoms with Crippen molar-refractivity contribution in [1.82, 2.24) is 0 Å². The number of hydrogen-bond acceptors (Lipinski definition) is 1. The van der Waals surface area contributed by atoms with Gasteiger partial charge in [0.25, 0.3) is 0 Å². The average Bonchev–Trinajstić information content (AvgIpc) is 2.63. The van der Waals surface area contributed by atoms with Gasteiger partial charge in [-0.25, -0.2) is 0 Å². The van der Waals surface area contributed by atoms with Crippen molar-refractivity contribution in [2.24, 2.45) is 11.8 Å². The van der Waals surface area contributed by atoms with Crippen molar-refractivity contribution < 1.29 is 4.74 Å². The largest absolute Gasteiger partial charge is 0.365 e. The van der Waals surface area contributed by atoms with Crippen molar-refractivity contribution in [3.05, 3.63) is 68.6 Å². The fourth-order valence-electron chi connectivity index (χ4n) is 2.71. The van der Waals surface area contributed by atoms with Crippen LogP contribution in [-0.2, 0) is 4.74 Å². The molecule has 0 aromatic heterocycles. The fourth-order valence-corrected chi connectivity index (χ4v) is 3.56. The van der Waals surface area contributed by atoms with Crippen LogP contribution < -0.4 is 0 Å². The van der Waals surface area contributed by atoms with E-state index in [0.29, 0.717) is 11.8 Å². The maximum absolute atomic E-state index is 6.61. The van der Waals surface area contributed by atoms with E-state index in [1.165, 1.54) is 0 Å². The Hall–Kier alpha value is -0.0600. The molecule has 0 amide bonds. The van der Waals surface area contributed by atoms with Crippen LogP contribution in [0.2, 0.25) is 0 Å². The Bertz CT molecular complexity index is 588. The van der Waals surface area contributed by atoms with Gasteiger partial charge in [-0.05, 0) is 35.4 Å². The van der Waals surface area contributed by atoms with Gasteiger partial charge in [0.1, 0.15) is 0 Å². The zero-order chi connectivity index (χ0) is 18.4. The van der Waals surface area contributed by atoms with Crippen molar-refractivity contribution in [2.75, 3.05) is 11.8 Å². The molecule has 0 aliphatic rings. The van der Waals surface area contributed by atoms with Gasteiger partial charge in [0.05, 0.1) is 12.2 Å². The van der Waals surface area contributed by atoms with E-state index in [4.69, 9.17) is 27.9 Å². The molecule has 0 aliphatic carbocycles. The maximum atomic E-state index is 6.61. The molecule has 2 unspecified atom stereocenters. The summed E-state index contributed by atoms with van der Waals surface area (Å²) in [6, 6.07) is 16.5. The number of benzene rings is 2. The molecule has 0 spiro atoms. The Labute approximate surface area is 177 Å². The summed E-state index contributed by atoms with van der Waals surface area (Å²) in [5, 5.41) is 0. The lowest BCUT2D eigenvalue weighted by molar-refractivity contribution is -0.0597. The second kappa shape index (κ2) is 10.3. The van der Waals surface area contributed by atoms with Crippen LogP contribution in [0.4, 0.5) is 0 Å². The topological polar surface area (TPSA) is 9.23 Å². The molecule has 0 saturated carbocycles. The van der Waals surface area contributed by atoms with Crippen molar-refractivity contribution >= 4 is 55.1 Å². The normalized spacial score (nSPS) is 16.2.